The van der Waals surface area contributed by atoms with Gasteiger partial charge in [-0.15, -0.1) is 0 Å². The van der Waals surface area contributed by atoms with Crippen molar-refractivity contribution in [3.05, 3.63) is 76.8 Å². The molecule has 0 spiro atoms. The van der Waals surface area contributed by atoms with Crippen LogP contribution < -0.4 is 5.73 Å². The molecule has 0 aromatic heterocycles. The maximum Gasteiger partial charge on any atom is 0.209 e. The van der Waals surface area contributed by atoms with Crippen molar-refractivity contribution in [3.8, 4) is 0 Å². The Labute approximate surface area is 159 Å². The summed E-state index contributed by atoms with van der Waals surface area (Å²) in [5, 5.41) is 0.0404. The van der Waals surface area contributed by atoms with E-state index >= 15 is 0 Å². The average molecular weight is 402 g/mol. The Morgan fingerprint density at radius 3 is 2.31 bits per heavy atom. The highest BCUT2D eigenvalue weighted by molar-refractivity contribution is 7.99. The fraction of sp³-hybridized carbons (Fsp3) is 0. The number of ketones is 1. The van der Waals surface area contributed by atoms with Crippen LogP contribution in [0.25, 0.3) is 0 Å². The number of nitrogen functional groups attached to an aromatic ring is 1. The summed E-state index contributed by atoms with van der Waals surface area (Å²) < 4.78 is 26.1. The van der Waals surface area contributed by atoms with E-state index in [-0.39, 0.29) is 31.7 Å². The van der Waals surface area contributed by atoms with E-state index in [9.17, 15) is 13.2 Å². The summed E-state index contributed by atoms with van der Waals surface area (Å²) in [6.07, 6.45) is 0. The zero-order valence-electron chi connectivity index (χ0n) is 13.3. The first kappa shape index (κ1) is 17.1. The highest BCUT2D eigenvalue weighted by Crippen LogP contribution is 2.44. The number of anilines is 1. The Hall–Kier alpha value is -2.28. The van der Waals surface area contributed by atoms with Gasteiger partial charge in [0.2, 0.25) is 9.84 Å². The third kappa shape index (κ3) is 2.53. The van der Waals surface area contributed by atoms with E-state index < -0.39 is 9.84 Å². The molecule has 0 saturated heterocycles. The molecular weight excluding hydrogens is 390 g/mol. The van der Waals surface area contributed by atoms with Gasteiger partial charge >= 0.3 is 0 Å². The molecule has 2 N–H and O–H groups in total. The Kier molecular flexibility index (Phi) is 4.06. The maximum absolute atomic E-state index is 13.1. The highest BCUT2D eigenvalue weighted by Gasteiger charge is 2.37. The van der Waals surface area contributed by atoms with E-state index in [0.717, 1.165) is 4.90 Å². The van der Waals surface area contributed by atoms with Gasteiger partial charge in [-0.2, -0.15) is 0 Å². The first-order valence-corrected chi connectivity index (χ1v) is 10.3. The van der Waals surface area contributed by atoms with Gasteiger partial charge in [0.1, 0.15) is 4.90 Å². The molecule has 0 radical (unpaired) electrons. The molecule has 1 aliphatic heterocycles. The molecule has 3 aromatic carbocycles. The largest absolute Gasteiger partial charge is 0.398 e. The van der Waals surface area contributed by atoms with Crippen molar-refractivity contribution < 1.29 is 13.2 Å². The minimum atomic E-state index is -3.89. The third-order valence-corrected chi connectivity index (χ3v) is 7.80. The van der Waals surface area contributed by atoms with Crippen LogP contribution >= 0.6 is 23.4 Å². The van der Waals surface area contributed by atoms with Crippen LogP contribution in [0.15, 0.2) is 80.2 Å². The van der Waals surface area contributed by atoms with Crippen LogP contribution in [0.5, 0.6) is 0 Å². The van der Waals surface area contributed by atoms with Gasteiger partial charge in [-0.1, -0.05) is 47.6 Å². The standard InChI is InChI=1S/C19H12ClNO3S2/c20-17-15(25-14-7-3-2-6-13(14)21)10-9-12-18(22)11-5-1-4-8-16(11)26(23,24)19(12)17/h1-10H,21H2. The van der Waals surface area contributed by atoms with Crippen LogP contribution in [0.2, 0.25) is 5.02 Å². The molecule has 1 aliphatic rings. The summed E-state index contributed by atoms with van der Waals surface area (Å²) in [7, 11) is -3.89. The zero-order chi connectivity index (χ0) is 18.5. The van der Waals surface area contributed by atoms with Crippen LogP contribution in [0, 0.1) is 0 Å². The number of benzene rings is 3. The van der Waals surface area contributed by atoms with Gasteiger partial charge in [0, 0.05) is 26.6 Å². The van der Waals surface area contributed by atoms with Gasteiger partial charge in [0.05, 0.1) is 9.92 Å². The van der Waals surface area contributed by atoms with E-state index in [0.29, 0.717) is 10.6 Å². The van der Waals surface area contributed by atoms with Gasteiger partial charge in [-0.05, 0) is 36.4 Å². The fourth-order valence-corrected chi connectivity index (χ4v) is 6.16. The van der Waals surface area contributed by atoms with Crippen molar-refractivity contribution in [2.45, 2.75) is 19.6 Å². The molecule has 26 heavy (non-hydrogen) atoms. The van der Waals surface area contributed by atoms with Crippen molar-refractivity contribution in [1.29, 1.82) is 0 Å². The smallest absolute Gasteiger partial charge is 0.209 e. The van der Waals surface area contributed by atoms with Crippen LogP contribution in [0.4, 0.5) is 5.69 Å². The van der Waals surface area contributed by atoms with Gasteiger partial charge < -0.3 is 5.73 Å². The molecule has 0 amide bonds. The third-order valence-electron chi connectivity index (χ3n) is 4.14. The van der Waals surface area contributed by atoms with E-state index in [1.165, 1.54) is 30.0 Å². The van der Waals surface area contributed by atoms with E-state index in [1.807, 2.05) is 18.2 Å². The minimum Gasteiger partial charge on any atom is -0.398 e. The van der Waals surface area contributed by atoms with Crippen molar-refractivity contribution in [2.24, 2.45) is 0 Å². The van der Waals surface area contributed by atoms with Crippen molar-refractivity contribution in [2.75, 3.05) is 5.73 Å². The molecule has 0 atom stereocenters. The molecule has 1 heterocycles. The van der Waals surface area contributed by atoms with Gasteiger partial charge in [-0.25, -0.2) is 8.42 Å². The molecule has 0 bridgehead atoms. The Morgan fingerprint density at radius 1 is 0.846 bits per heavy atom. The minimum absolute atomic E-state index is 0.0132. The number of rotatable bonds is 2. The molecule has 3 aromatic rings. The molecule has 0 saturated carbocycles. The first-order chi connectivity index (χ1) is 12.4. The molecule has 7 heteroatoms. The number of para-hydroxylation sites is 1. The van der Waals surface area contributed by atoms with Crippen molar-refractivity contribution in [3.63, 3.8) is 0 Å². The summed E-state index contributed by atoms with van der Waals surface area (Å²) in [5.41, 5.74) is 6.79. The average Bonchev–Trinajstić information content (AvgIpc) is 2.63. The number of hydrogen-bond acceptors (Lipinski definition) is 5. The second-order valence-corrected chi connectivity index (χ2v) is 9.04. The lowest BCUT2D eigenvalue weighted by molar-refractivity contribution is 0.103. The number of hydrogen-bond donors (Lipinski definition) is 1. The Balaban J connectivity index is 1.91. The number of halogens is 1. The summed E-state index contributed by atoms with van der Waals surface area (Å²) >= 11 is 7.72. The Morgan fingerprint density at radius 2 is 1.54 bits per heavy atom. The van der Waals surface area contributed by atoms with E-state index in [2.05, 4.69) is 0 Å². The summed E-state index contributed by atoms with van der Waals surface area (Å²) in [6.45, 7) is 0. The summed E-state index contributed by atoms with van der Waals surface area (Å²) in [6, 6.07) is 16.6. The lowest BCUT2D eigenvalue weighted by atomic mass is 10.0. The lowest BCUT2D eigenvalue weighted by Crippen LogP contribution is -2.20. The number of sulfone groups is 1. The van der Waals surface area contributed by atoms with Crippen LogP contribution in [-0.4, -0.2) is 14.2 Å². The molecule has 0 unspecified atom stereocenters. The van der Waals surface area contributed by atoms with Crippen molar-refractivity contribution in [1.82, 2.24) is 0 Å². The second kappa shape index (κ2) is 6.16. The highest BCUT2D eigenvalue weighted by atomic mass is 35.5. The summed E-state index contributed by atoms with van der Waals surface area (Å²) in [5.74, 6) is -0.344. The number of carbonyl (C=O) groups excluding carboxylic acids is 1. The quantitative estimate of drug-likeness (QED) is 0.502. The SMILES string of the molecule is Nc1ccccc1Sc1ccc2c(c1Cl)S(=O)(=O)c1ccccc1C2=O. The monoisotopic (exact) mass is 401 g/mol. The Bertz CT molecular complexity index is 1170. The van der Waals surface area contributed by atoms with E-state index in [4.69, 9.17) is 17.3 Å². The predicted molar refractivity (Wildman–Crippen MR) is 102 cm³/mol. The molecule has 0 fully saturated rings. The van der Waals surface area contributed by atoms with Gasteiger partial charge in [0.25, 0.3) is 0 Å². The van der Waals surface area contributed by atoms with Crippen LogP contribution in [0.1, 0.15) is 15.9 Å². The molecule has 0 aliphatic carbocycles. The maximum atomic E-state index is 13.1. The van der Waals surface area contributed by atoms with Crippen LogP contribution in [-0.2, 0) is 9.84 Å². The van der Waals surface area contributed by atoms with Crippen molar-refractivity contribution >= 4 is 44.7 Å². The molecular formula is C19H12ClNO3S2. The normalized spacial score (nSPS) is 14.6. The topological polar surface area (TPSA) is 77.2 Å². The first-order valence-electron chi connectivity index (χ1n) is 7.65. The lowest BCUT2D eigenvalue weighted by Gasteiger charge is -2.21. The number of fused-ring (bicyclic) bond motifs is 2. The molecule has 4 nitrogen and oxygen atoms in total. The number of carbonyl (C=O) groups is 1. The van der Waals surface area contributed by atoms with Crippen LogP contribution in [0.3, 0.4) is 0 Å². The predicted octanol–water partition coefficient (Wildman–Crippen LogP) is 4.45. The molecule has 130 valence electrons. The van der Waals surface area contributed by atoms with Gasteiger partial charge in [0.15, 0.2) is 5.78 Å². The summed E-state index contributed by atoms with van der Waals surface area (Å²) in [4.78, 5) is 13.9. The van der Waals surface area contributed by atoms with E-state index in [1.54, 1.807) is 24.3 Å². The van der Waals surface area contributed by atoms with Gasteiger partial charge in [-0.3, -0.25) is 4.79 Å². The fourth-order valence-electron chi connectivity index (χ4n) is 2.89. The zero-order valence-corrected chi connectivity index (χ0v) is 15.7. The number of nitrogens with two attached hydrogens (primary N) is 1. The second-order valence-electron chi connectivity index (χ2n) is 5.72. The molecule has 4 rings (SSSR count).